The lowest BCUT2D eigenvalue weighted by Crippen LogP contribution is -2.08. The Morgan fingerprint density at radius 2 is 1.81 bits per heavy atom. The van der Waals surface area contributed by atoms with Crippen LogP contribution in [-0.4, -0.2) is 11.9 Å². The Kier molecular flexibility index (Phi) is 4.58. The molecule has 0 bridgehead atoms. The van der Waals surface area contributed by atoms with Crippen molar-refractivity contribution in [3.05, 3.63) is 64.2 Å². The van der Waals surface area contributed by atoms with Crippen LogP contribution in [0.15, 0.2) is 36.4 Å². The van der Waals surface area contributed by atoms with Gasteiger partial charge in [0.25, 0.3) is 0 Å². The van der Waals surface area contributed by atoms with Crippen LogP contribution in [0.5, 0.6) is 5.75 Å². The first-order valence-electron chi connectivity index (χ1n) is 6.34. The molecule has 0 aliphatic heterocycles. The summed E-state index contributed by atoms with van der Waals surface area (Å²) in [5, 5.41) is -0.130. The number of halogens is 3. The van der Waals surface area contributed by atoms with Crippen LogP contribution in [0.1, 0.15) is 29.8 Å². The number of hydrogen-bond acceptors (Lipinski definition) is 2. The van der Waals surface area contributed by atoms with Gasteiger partial charge in [-0.1, -0.05) is 23.7 Å². The predicted molar refractivity (Wildman–Crippen MR) is 77.0 cm³/mol. The highest BCUT2D eigenvalue weighted by Gasteiger charge is 2.17. The maximum absolute atomic E-state index is 13.3. The van der Waals surface area contributed by atoms with E-state index in [1.807, 2.05) is 13.8 Å². The Balaban J connectivity index is 2.38. The number of ketones is 1. The van der Waals surface area contributed by atoms with Gasteiger partial charge in [0.15, 0.2) is 17.4 Å². The van der Waals surface area contributed by atoms with Crippen LogP contribution in [0.3, 0.4) is 0 Å². The molecule has 0 amide bonds. The fraction of sp³-hybridized carbons (Fsp3) is 0.188. The zero-order valence-electron chi connectivity index (χ0n) is 11.5. The summed E-state index contributed by atoms with van der Waals surface area (Å²) in [4.78, 5) is 12.3. The second kappa shape index (κ2) is 6.22. The highest BCUT2D eigenvalue weighted by Crippen LogP contribution is 2.24. The molecular weight excluding hydrogens is 298 g/mol. The molecule has 0 aliphatic rings. The Bertz CT molecular complexity index is 684. The largest absolute Gasteiger partial charge is 0.491 e. The van der Waals surface area contributed by atoms with Gasteiger partial charge in [0.05, 0.1) is 11.1 Å². The lowest BCUT2D eigenvalue weighted by atomic mass is 10.0. The molecule has 2 aromatic carbocycles. The lowest BCUT2D eigenvalue weighted by molar-refractivity contribution is 0.103. The van der Waals surface area contributed by atoms with Crippen LogP contribution in [0.2, 0.25) is 5.02 Å². The highest BCUT2D eigenvalue weighted by molar-refractivity contribution is 6.35. The normalized spacial score (nSPS) is 10.8. The number of rotatable bonds is 4. The topological polar surface area (TPSA) is 26.3 Å². The van der Waals surface area contributed by atoms with E-state index in [4.69, 9.17) is 16.3 Å². The zero-order chi connectivity index (χ0) is 15.6. The first-order valence-corrected chi connectivity index (χ1v) is 6.72. The van der Waals surface area contributed by atoms with E-state index in [-0.39, 0.29) is 16.7 Å². The van der Waals surface area contributed by atoms with Gasteiger partial charge in [-0.25, -0.2) is 8.78 Å². The number of benzene rings is 2. The van der Waals surface area contributed by atoms with Crippen molar-refractivity contribution < 1.29 is 18.3 Å². The van der Waals surface area contributed by atoms with Crippen molar-refractivity contribution in [1.82, 2.24) is 0 Å². The van der Waals surface area contributed by atoms with Crippen molar-refractivity contribution in [3.63, 3.8) is 0 Å². The van der Waals surface area contributed by atoms with Gasteiger partial charge in [-0.05, 0) is 38.1 Å². The van der Waals surface area contributed by atoms with Crippen molar-refractivity contribution in [2.75, 3.05) is 0 Å². The van der Waals surface area contributed by atoms with Crippen molar-refractivity contribution >= 4 is 17.4 Å². The molecule has 0 aliphatic carbocycles. The molecule has 0 fully saturated rings. The molecule has 21 heavy (non-hydrogen) atoms. The van der Waals surface area contributed by atoms with Crippen LogP contribution in [0.4, 0.5) is 8.78 Å². The summed E-state index contributed by atoms with van der Waals surface area (Å²) >= 11 is 5.81. The molecule has 5 heteroatoms. The first-order chi connectivity index (χ1) is 9.88. The quantitative estimate of drug-likeness (QED) is 0.607. The van der Waals surface area contributed by atoms with Gasteiger partial charge in [-0.15, -0.1) is 0 Å². The standard InChI is InChI=1S/C16H13ClF2O2/c1-9(2)21-11-5-3-4-10(6-11)16(20)12-7-14(18)15(19)8-13(12)17/h3-9H,1-2H3. The molecule has 0 saturated heterocycles. The summed E-state index contributed by atoms with van der Waals surface area (Å²) in [6.45, 7) is 3.72. The molecule has 0 radical (unpaired) electrons. The fourth-order valence-corrected chi connectivity index (χ4v) is 2.07. The molecule has 0 saturated carbocycles. The Labute approximate surface area is 126 Å². The van der Waals surface area contributed by atoms with E-state index in [2.05, 4.69) is 0 Å². The molecule has 0 atom stereocenters. The third-order valence-electron chi connectivity index (χ3n) is 2.72. The van der Waals surface area contributed by atoms with Crippen molar-refractivity contribution in [3.8, 4) is 5.75 Å². The molecule has 0 unspecified atom stereocenters. The molecule has 110 valence electrons. The molecule has 2 aromatic rings. The average Bonchev–Trinajstić information content (AvgIpc) is 2.41. The van der Waals surface area contributed by atoms with Gasteiger partial charge in [-0.3, -0.25) is 4.79 Å². The summed E-state index contributed by atoms with van der Waals surface area (Å²) < 4.78 is 31.8. The van der Waals surface area contributed by atoms with E-state index < -0.39 is 17.4 Å². The van der Waals surface area contributed by atoms with Crippen molar-refractivity contribution in [2.45, 2.75) is 20.0 Å². The van der Waals surface area contributed by atoms with Crippen molar-refractivity contribution in [1.29, 1.82) is 0 Å². The van der Waals surface area contributed by atoms with Crippen LogP contribution in [0.25, 0.3) is 0 Å². The summed E-state index contributed by atoms with van der Waals surface area (Å²) in [7, 11) is 0. The average molecular weight is 311 g/mol. The van der Waals surface area contributed by atoms with E-state index in [0.29, 0.717) is 11.3 Å². The smallest absolute Gasteiger partial charge is 0.194 e. The zero-order valence-corrected chi connectivity index (χ0v) is 12.2. The number of carbonyl (C=O) groups is 1. The Morgan fingerprint density at radius 1 is 1.14 bits per heavy atom. The summed E-state index contributed by atoms with van der Waals surface area (Å²) in [6.07, 6.45) is -0.0396. The predicted octanol–water partition coefficient (Wildman–Crippen LogP) is 4.64. The SMILES string of the molecule is CC(C)Oc1cccc(C(=O)c2cc(F)c(F)cc2Cl)c1. The maximum Gasteiger partial charge on any atom is 0.194 e. The van der Waals surface area contributed by atoms with E-state index in [1.165, 1.54) is 0 Å². The fourth-order valence-electron chi connectivity index (χ4n) is 1.83. The van der Waals surface area contributed by atoms with Gasteiger partial charge in [-0.2, -0.15) is 0 Å². The Morgan fingerprint density at radius 3 is 2.48 bits per heavy atom. The van der Waals surface area contributed by atoms with Gasteiger partial charge in [0.2, 0.25) is 0 Å². The molecule has 0 N–H and O–H groups in total. The minimum atomic E-state index is -1.11. The summed E-state index contributed by atoms with van der Waals surface area (Å²) in [6, 6.07) is 8.06. The minimum Gasteiger partial charge on any atom is -0.491 e. The second-order valence-corrected chi connectivity index (χ2v) is 5.18. The van der Waals surface area contributed by atoms with Crippen LogP contribution >= 0.6 is 11.6 Å². The Hall–Kier alpha value is -1.94. The second-order valence-electron chi connectivity index (χ2n) is 4.77. The van der Waals surface area contributed by atoms with E-state index >= 15 is 0 Å². The number of carbonyl (C=O) groups excluding carboxylic acids is 1. The van der Waals surface area contributed by atoms with E-state index in [9.17, 15) is 13.6 Å². The minimum absolute atomic E-state index is 0.0396. The third-order valence-corrected chi connectivity index (χ3v) is 3.04. The summed E-state index contributed by atoms with van der Waals surface area (Å²) in [5.41, 5.74) is 0.207. The molecular formula is C16H13ClF2O2. The van der Waals surface area contributed by atoms with E-state index in [0.717, 1.165) is 12.1 Å². The number of ether oxygens (including phenoxy) is 1. The van der Waals surface area contributed by atoms with Crippen LogP contribution < -0.4 is 4.74 Å². The summed E-state index contributed by atoms with van der Waals surface area (Å²) in [5.74, 6) is -2.17. The molecule has 2 rings (SSSR count). The van der Waals surface area contributed by atoms with Crippen molar-refractivity contribution in [2.24, 2.45) is 0 Å². The molecule has 0 aromatic heterocycles. The first kappa shape index (κ1) is 15.4. The maximum atomic E-state index is 13.3. The third kappa shape index (κ3) is 3.58. The molecule has 0 heterocycles. The van der Waals surface area contributed by atoms with E-state index in [1.54, 1.807) is 24.3 Å². The molecule has 0 spiro atoms. The van der Waals surface area contributed by atoms with Gasteiger partial charge in [0, 0.05) is 11.1 Å². The van der Waals surface area contributed by atoms with Gasteiger partial charge in [0.1, 0.15) is 5.75 Å². The highest BCUT2D eigenvalue weighted by atomic mass is 35.5. The van der Waals surface area contributed by atoms with Gasteiger partial charge >= 0.3 is 0 Å². The monoisotopic (exact) mass is 310 g/mol. The van der Waals surface area contributed by atoms with Gasteiger partial charge < -0.3 is 4.74 Å². The van der Waals surface area contributed by atoms with Crippen LogP contribution in [0, 0.1) is 11.6 Å². The lowest BCUT2D eigenvalue weighted by Gasteiger charge is -2.11. The molecule has 2 nitrogen and oxygen atoms in total. The number of hydrogen-bond donors (Lipinski definition) is 0. The van der Waals surface area contributed by atoms with Crippen LogP contribution in [-0.2, 0) is 0 Å².